The van der Waals surface area contributed by atoms with E-state index in [1.54, 1.807) is 0 Å². The molecule has 9 rings (SSSR count). The number of pyridine rings is 1. The minimum absolute atomic E-state index is 0.0238. The first-order valence-corrected chi connectivity index (χ1v) is 15.8. The van der Waals surface area contributed by atoms with Crippen molar-refractivity contribution in [2.45, 2.75) is 51.4 Å². The third-order valence-electron chi connectivity index (χ3n) is 10.6. The van der Waals surface area contributed by atoms with E-state index in [4.69, 9.17) is 9.98 Å². The molecule has 2 nitrogen and oxygen atoms in total. The first-order chi connectivity index (χ1) is 21.3. The fourth-order valence-corrected chi connectivity index (χ4v) is 8.10. The molecule has 0 saturated heterocycles. The van der Waals surface area contributed by atoms with Gasteiger partial charge in [-0.2, -0.15) is 0 Å². The summed E-state index contributed by atoms with van der Waals surface area (Å²) in [5.74, 6) is 0. The van der Waals surface area contributed by atoms with E-state index in [-0.39, 0.29) is 10.8 Å². The quantitative estimate of drug-likeness (QED) is 0.205. The normalized spacial score (nSPS) is 16.5. The van der Waals surface area contributed by atoms with Crippen molar-refractivity contribution in [1.29, 1.82) is 0 Å². The molecule has 0 radical (unpaired) electrons. The van der Waals surface area contributed by atoms with Crippen molar-refractivity contribution in [2.75, 3.05) is 0 Å². The van der Waals surface area contributed by atoms with Crippen molar-refractivity contribution in [3.63, 3.8) is 0 Å². The summed E-state index contributed by atoms with van der Waals surface area (Å²) in [6.07, 6.45) is 1.91. The minimum atomic E-state index is -0.0388. The second-order valence-electron chi connectivity index (χ2n) is 13.8. The zero-order chi connectivity index (χ0) is 29.8. The maximum atomic E-state index is 5.36. The molecule has 0 spiro atoms. The molecule has 2 heteroatoms. The Balaban J connectivity index is 1.14. The molecule has 0 fully saturated rings. The van der Waals surface area contributed by atoms with Gasteiger partial charge in [-0.1, -0.05) is 119 Å². The molecule has 1 aliphatic heterocycles. The van der Waals surface area contributed by atoms with Crippen molar-refractivity contribution >= 4 is 22.3 Å². The molecule has 0 atom stereocenters. The van der Waals surface area contributed by atoms with Gasteiger partial charge in [-0.15, -0.1) is 0 Å². The molecular formula is C42H34N2. The molecule has 44 heavy (non-hydrogen) atoms. The summed E-state index contributed by atoms with van der Waals surface area (Å²) in [6.45, 7) is 9.36. The number of benzene rings is 5. The van der Waals surface area contributed by atoms with Crippen LogP contribution in [0.2, 0.25) is 0 Å². The van der Waals surface area contributed by atoms with E-state index in [1.165, 1.54) is 55.6 Å². The van der Waals surface area contributed by atoms with Crippen LogP contribution >= 0.6 is 0 Å². The second-order valence-corrected chi connectivity index (χ2v) is 13.8. The molecule has 0 amide bonds. The van der Waals surface area contributed by atoms with Crippen molar-refractivity contribution in [3.05, 3.63) is 143 Å². The van der Waals surface area contributed by atoms with Gasteiger partial charge in [0.2, 0.25) is 0 Å². The Morgan fingerprint density at radius 1 is 0.523 bits per heavy atom. The van der Waals surface area contributed by atoms with E-state index < -0.39 is 0 Å². The standard InChI is InChI=1S/C42H34N2/c1-41(2)33-11-7-5-9-29(33)31-19-15-27(23-35(31)41)37-21-17-25-13-14-26-18-22-38(44-40(26)39(25)43-37)28-16-20-32-30-10-6-8-12-34(30)42(3,4)36(32)24-28/h5-17,19-21,23-24H,18,22H2,1-4H3. The summed E-state index contributed by atoms with van der Waals surface area (Å²) in [5.41, 5.74) is 18.7. The van der Waals surface area contributed by atoms with E-state index in [2.05, 4.69) is 137 Å². The first kappa shape index (κ1) is 25.7. The van der Waals surface area contributed by atoms with E-state index in [0.29, 0.717) is 0 Å². The molecule has 1 aromatic heterocycles. The molecule has 0 saturated carbocycles. The summed E-state index contributed by atoms with van der Waals surface area (Å²) in [5, 5.41) is 1.14. The molecule has 2 heterocycles. The van der Waals surface area contributed by atoms with Crippen molar-refractivity contribution in [2.24, 2.45) is 4.99 Å². The molecule has 0 bridgehead atoms. The molecule has 0 N–H and O–H groups in total. The Morgan fingerprint density at radius 2 is 1.09 bits per heavy atom. The van der Waals surface area contributed by atoms with E-state index in [9.17, 15) is 0 Å². The van der Waals surface area contributed by atoms with Crippen LogP contribution in [0.5, 0.6) is 0 Å². The maximum Gasteiger partial charge on any atom is 0.0968 e. The maximum absolute atomic E-state index is 5.36. The van der Waals surface area contributed by atoms with Crippen molar-refractivity contribution in [3.8, 4) is 33.5 Å². The Kier molecular flexibility index (Phi) is 5.17. The van der Waals surface area contributed by atoms with Gasteiger partial charge in [-0.05, 0) is 86.7 Å². The predicted octanol–water partition coefficient (Wildman–Crippen LogP) is 10.6. The minimum Gasteiger partial charge on any atom is -0.250 e. The van der Waals surface area contributed by atoms with Crippen LogP contribution in [0.4, 0.5) is 5.69 Å². The van der Waals surface area contributed by atoms with Gasteiger partial charge in [0.15, 0.2) is 0 Å². The highest BCUT2D eigenvalue weighted by Gasteiger charge is 2.36. The average molecular weight is 567 g/mol. The monoisotopic (exact) mass is 566 g/mol. The number of hydrogen-bond acceptors (Lipinski definition) is 2. The third-order valence-corrected chi connectivity index (χ3v) is 10.6. The van der Waals surface area contributed by atoms with Crippen LogP contribution in [0, 0.1) is 0 Å². The zero-order valence-corrected chi connectivity index (χ0v) is 25.7. The second kappa shape index (κ2) is 8.86. The summed E-state index contributed by atoms with van der Waals surface area (Å²) >= 11 is 0. The van der Waals surface area contributed by atoms with Gasteiger partial charge in [0, 0.05) is 27.5 Å². The summed E-state index contributed by atoms with van der Waals surface area (Å²) in [4.78, 5) is 10.7. The van der Waals surface area contributed by atoms with Gasteiger partial charge in [-0.25, -0.2) is 4.98 Å². The van der Waals surface area contributed by atoms with Crippen LogP contribution in [0.25, 0.3) is 44.4 Å². The first-order valence-electron chi connectivity index (χ1n) is 15.8. The highest BCUT2D eigenvalue weighted by molar-refractivity contribution is 6.07. The van der Waals surface area contributed by atoms with Crippen LogP contribution in [0.3, 0.4) is 0 Å². The molecule has 2 aliphatic carbocycles. The van der Waals surface area contributed by atoms with Gasteiger partial charge < -0.3 is 0 Å². The number of aromatic nitrogens is 1. The molecule has 6 aromatic rings. The van der Waals surface area contributed by atoms with Gasteiger partial charge in [0.25, 0.3) is 0 Å². The average Bonchev–Trinajstić information content (AvgIpc) is 3.43. The number of nitrogens with zero attached hydrogens (tertiary/aromatic N) is 2. The van der Waals surface area contributed by atoms with Crippen LogP contribution in [-0.4, -0.2) is 10.7 Å². The van der Waals surface area contributed by atoms with Crippen LogP contribution in [0.15, 0.2) is 114 Å². The number of aliphatic imine (C=N–C) groups is 1. The molecular weight excluding hydrogens is 532 g/mol. The predicted molar refractivity (Wildman–Crippen MR) is 183 cm³/mol. The van der Waals surface area contributed by atoms with Gasteiger partial charge >= 0.3 is 0 Å². The molecule has 3 aliphatic rings. The molecule has 212 valence electrons. The van der Waals surface area contributed by atoms with Gasteiger partial charge in [0.1, 0.15) is 0 Å². The lowest BCUT2D eigenvalue weighted by atomic mass is 9.81. The van der Waals surface area contributed by atoms with Crippen molar-refractivity contribution < 1.29 is 0 Å². The number of fused-ring (bicyclic) bond motifs is 9. The number of hydrogen-bond donors (Lipinski definition) is 0. The Hall–Kier alpha value is -4.82. The zero-order valence-electron chi connectivity index (χ0n) is 25.7. The Labute approximate surface area is 259 Å². The highest BCUT2D eigenvalue weighted by atomic mass is 14.8. The van der Waals surface area contributed by atoms with Crippen LogP contribution in [-0.2, 0) is 17.3 Å². The molecule has 0 unspecified atom stereocenters. The fraction of sp³-hybridized carbons (Fsp3) is 0.190. The van der Waals surface area contributed by atoms with Crippen LogP contribution < -0.4 is 0 Å². The lowest BCUT2D eigenvalue weighted by Crippen LogP contribution is -2.16. The van der Waals surface area contributed by atoms with E-state index in [1.807, 2.05) is 0 Å². The van der Waals surface area contributed by atoms with Crippen LogP contribution in [0.1, 0.15) is 67.5 Å². The van der Waals surface area contributed by atoms with Crippen molar-refractivity contribution in [1.82, 2.24) is 4.98 Å². The van der Waals surface area contributed by atoms with E-state index >= 15 is 0 Å². The number of rotatable bonds is 2. The SMILES string of the molecule is CC1(C)c2ccccc2-c2ccc(C3=Nc4c(ccc5ccc(-c6ccc7c(c6)C(C)(C)c6ccccc6-7)nc45)CC3)cc21. The van der Waals surface area contributed by atoms with E-state index in [0.717, 1.165) is 46.4 Å². The smallest absolute Gasteiger partial charge is 0.0968 e. The topological polar surface area (TPSA) is 25.2 Å². The molecule has 5 aromatic carbocycles. The summed E-state index contributed by atoms with van der Waals surface area (Å²) < 4.78 is 0. The number of aryl methyl sites for hydroxylation is 1. The lowest BCUT2D eigenvalue weighted by molar-refractivity contribution is 0.660. The largest absolute Gasteiger partial charge is 0.250 e. The van der Waals surface area contributed by atoms with Gasteiger partial charge in [-0.3, -0.25) is 4.99 Å². The van der Waals surface area contributed by atoms with Gasteiger partial charge in [0.05, 0.1) is 16.9 Å². The fourth-order valence-electron chi connectivity index (χ4n) is 8.10. The Bertz CT molecular complexity index is 2230. The summed E-state index contributed by atoms with van der Waals surface area (Å²) in [6, 6.07) is 40.3. The highest BCUT2D eigenvalue weighted by Crippen LogP contribution is 2.50. The lowest BCUT2D eigenvalue weighted by Gasteiger charge is -2.23. The summed E-state index contributed by atoms with van der Waals surface area (Å²) in [7, 11) is 0. The Morgan fingerprint density at radius 3 is 1.77 bits per heavy atom. The third kappa shape index (κ3) is 3.48.